The minimum atomic E-state index is 0.147. The van der Waals surface area contributed by atoms with Crippen molar-refractivity contribution in [1.29, 1.82) is 5.41 Å². The van der Waals surface area contributed by atoms with Gasteiger partial charge in [0.25, 0.3) is 0 Å². The van der Waals surface area contributed by atoms with Crippen LogP contribution in [0.25, 0.3) is 11.2 Å². The molecule has 0 radical (unpaired) electrons. The molecule has 0 fully saturated rings. The SMILES string of the molecule is COc1cc(CCn2cnc(=N)c3[nH]c(Sc4cc5c(cc4Br)OCO5)nc32)cc(OC)c1. The first-order chi connectivity index (χ1) is 16.0. The van der Waals surface area contributed by atoms with Crippen LogP contribution < -0.4 is 24.4 Å². The zero-order valence-electron chi connectivity index (χ0n) is 17.8. The summed E-state index contributed by atoms with van der Waals surface area (Å²) in [5.74, 6) is 2.89. The molecule has 0 spiro atoms. The van der Waals surface area contributed by atoms with E-state index in [9.17, 15) is 0 Å². The Bertz CT molecular complexity index is 1380. The maximum atomic E-state index is 8.21. The van der Waals surface area contributed by atoms with E-state index in [2.05, 4.69) is 25.9 Å². The van der Waals surface area contributed by atoms with Crippen molar-refractivity contribution in [3.8, 4) is 23.0 Å². The molecule has 9 nitrogen and oxygen atoms in total. The molecule has 0 bridgehead atoms. The third kappa shape index (κ3) is 4.38. The topological polar surface area (TPSA) is 107 Å². The molecule has 2 aromatic heterocycles. The van der Waals surface area contributed by atoms with Crippen molar-refractivity contribution in [3.63, 3.8) is 0 Å². The van der Waals surface area contributed by atoms with Gasteiger partial charge < -0.3 is 28.5 Å². The molecule has 1 aliphatic rings. The Hall–Kier alpha value is -3.18. The van der Waals surface area contributed by atoms with Crippen LogP contribution in [-0.4, -0.2) is 40.5 Å². The van der Waals surface area contributed by atoms with E-state index in [1.54, 1.807) is 20.5 Å². The number of methoxy groups -OCH3 is 2. The van der Waals surface area contributed by atoms with Crippen molar-refractivity contribution in [1.82, 2.24) is 19.5 Å². The monoisotopic (exact) mass is 529 g/mol. The Balaban J connectivity index is 1.42. The summed E-state index contributed by atoms with van der Waals surface area (Å²) >= 11 is 5.02. The molecule has 4 aromatic rings. The Morgan fingerprint density at radius 2 is 1.85 bits per heavy atom. The van der Waals surface area contributed by atoms with Gasteiger partial charge in [0.2, 0.25) is 6.79 Å². The number of aryl methyl sites for hydroxylation is 2. The summed E-state index contributed by atoms with van der Waals surface area (Å²) in [7, 11) is 3.27. The first-order valence-electron chi connectivity index (χ1n) is 10.0. The largest absolute Gasteiger partial charge is 0.497 e. The summed E-state index contributed by atoms with van der Waals surface area (Å²) in [5.41, 5.74) is 2.47. The summed E-state index contributed by atoms with van der Waals surface area (Å²) < 4.78 is 24.5. The zero-order valence-corrected chi connectivity index (χ0v) is 20.2. The van der Waals surface area contributed by atoms with Crippen molar-refractivity contribution in [2.24, 2.45) is 0 Å². The number of ether oxygens (including phenoxy) is 4. The van der Waals surface area contributed by atoms with Crippen LogP contribution in [0.1, 0.15) is 5.56 Å². The van der Waals surface area contributed by atoms with Gasteiger partial charge in [-0.25, -0.2) is 9.97 Å². The Labute approximate surface area is 201 Å². The number of aromatic amines is 1. The molecule has 0 saturated carbocycles. The van der Waals surface area contributed by atoms with Gasteiger partial charge in [-0.1, -0.05) is 11.8 Å². The molecule has 1 aliphatic heterocycles. The fourth-order valence-electron chi connectivity index (χ4n) is 3.52. The number of hydrogen-bond acceptors (Lipinski definition) is 8. The van der Waals surface area contributed by atoms with E-state index in [1.165, 1.54) is 11.8 Å². The van der Waals surface area contributed by atoms with E-state index >= 15 is 0 Å². The van der Waals surface area contributed by atoms with E-state index < -0.39 is 0 Å². The Morgan fingerprint density at radius 3 is 2.58 bits per heavy atom. The van der Waals surface area contributed by atoms with Crippen LogP contribution in [0.4, 0.5) is 0 Å². The highest BCUT2D eigenvalue weighted by molar-refractivity contribution is 9.10. The van der Waals surface area contributed by atoms with Crippen LogP contribution in [0.5, 0.6) is 23.0 Å². The molecule has 0 unspecified atom stereocenters. The number of hydrogen-bond donors (Lipinski definition) is 2. The highest BCUT2D eigenvalue weighted by atomic mass is 79.9. The number of imidazole rings is 1. The maximum Gasteiger partial charge on any atom is 0.231 e. The number of benzene rings is 2. The standard InChI is InChI=1S/C22H20BrN5O4S/c1-29-13-5-12(6-14(7-13)30-2)3-4-28-10-25-20(24)19-21(28)27-22(26-19)33-18-9-17-16(8-15(18)23)31-11-32-17/h5-10,24H,3-4,11H2,1-2H3,(H,26,27). The van der Waals surface area contributed by atoms with Gasteiger partial charge in [0.15, 0.2) is 27.8 Å². The molecule has 170 valence electrons. The molecule has 2 N–H and O–H groups in total. The highest BCUT2D eigenvalue weighted by Crippen LogP contribution is 2.42. The average molecular weight is 530 g/mol. The Morgan fingerprint density at radius 1 is 1.12 bits per heavy atom. The quantitative estimate of drug-likeness (QED) is 0.370. The molecule has 0 saturated heterocycles. The Kier molecular flexibility index (Phi) is 5.90. The summed E-state index contributed by atoms with van der Waals surface area (Å²) in [6.07, 6.45) is 2.36. The van der Waals surface area contributed by atoms with E-state index in [0.29, 0.717) is 34.4 Å². The summed E-state index contributed by atoms with van der Waals surface area (Å²) in [6, 6.07) is 9.60. The van der Waals surface area contributed by atoms with Gasteiger partial charge in [-0.3, -0.25) is 5.41 Å². The lowest BCUT2D eigenvalue weighted by Crippen LogP contribution is -2.13. The third-order valence-corrected chi connectivity index (χ3v) is 7.05. The number of nitrogens with one attached hydrogen (secondary N) is 2. The molecule has 0 atom stereocenters. The van der Waals surface area contributed by atoms with Gasteiger partial charge in [0.05, 0.1) is 20.5 Å². The fourth-order valence-corrected chi connectivity index (χ4v) is 4.90. The summed E-state index contributed by atoms with van der Waals surface area (Å²) in [4.78, 5) is 13.1. The second-order valence-corrected chi connectivity index (χ2v) is 9.12. The molecular weight excluding hydrogens is 510 g/mol. The van der Waals surface area contributed by atoms with Crippen molar-refractivity contribution in [2.45, 2.75) is 23.0 Å². The summed E-state index contributed by atoms with van der Waals surface area (Å²) in [6.45, 7) is 0.844. The summed E-state index contributed by atoms with van der Waals surface area (Å²) in [5, 5.41) is 8.87. The fraction of sp³-hybridized carbons (Fsp3) is 0.227. The van der Waals surface area contributed by atoms with Gasteiger partial charge >= 0.3 is 0 Å². The van der Waals surface area contributed by atoms with Gasteiger partial charge in [0.1, 0.15) is 17.0 Å². The van der Waals surface area contributed by atoms with Crippen LogP contribution in [0.3, 0.4) is 0 Å². The zero-order chi connectivity index (χ0) is 22.9. The van der Waals surface area contributed by atoms with Crippen molar-refractivity contribution in [2.75, 3.05) is 21.0 Å². The second kappa shape index (κ2) is 8.99. The van der Waals surface area contributed by atoms with Crippen molar-refractivity contribution >= 4 is 38.9 Å². The van der Waals surface area contributed by atoms with E-state index in [1.807, 2.05) is 34.9 Å². The predicted octanol–water partition coefficient (Wildman–Crippen LogP) is 4.14. The molecule has 0 aliphatic carbocycles. The minimum Gasteiger partial charge on any atom is -0.497 e. The van der Waals surface area contributed by atoms with E-state index in [-0.39, 0.29) is 12.3 Å². The number of aromatic nitrogens is 4. The molecule has 5 rings (SSSR count). The number of halogens is 1. The van der Waals surface area contributed by atoms with E-state index in [0.717, 1.165) is 32.9 Å². The third-order valence-electron chi connectivity index (χ3n) is 5.18. The number of nitrogens with zero attached hydrogens (tertiary/aromatic N) is 3. The smallest absolute Gasteiger partial charge is 0.231 e. The maximum absolute atomic E-state index is 8.21. The van der Waals surface area contributed by atoms with Crippen LogP contribution in [0.15, 0.2) is 51.2 Å². The van der Waals surface area contributed by atoms with Gasteiger partial charge in [0, 0.05) is 22.0 Å². The number of rotatable bonds is 7. The lowest BCUT2D eigenvalue weighted by Gasteiger charge is -2.10. The van der Waals surface area contributed by atoms with Crippen LogP contribution in [-0.2, 0) is 13.0 Å². The van der Waals surface area contributed by atoms with Crippen LogP contribution >= 0.6 is 27.7 Å². The van der Waals surface area contributed by atoms with Crippen LogP contribution in [0, 0.1) is 5.41 Å². The normalized spacial score (nSPS) is 12.3. The lowest BCUT2D eigenvalue weighted by atomic mass is 10.1. The predicted molar refractivity (Wildman–Crippen MR) is 125 cm³/mol. The number of fused-ring (bicyclic) bond motifs is 2. The molecule has 2 aromatic carbocycles. The van der Waals surface area contributed by atoms with Crippen molar-refractivity contribution in [3.05, 3.63) is 52.2 Å². The molecule has 0 amide bonds. The lowest BCUT2D eigenvalue weighted by molar-refractivity contribution is 0.174. The second-order valence-electron chi connectivity index (χ2n) is 7.24. The first-order valence-corrected chi connectivity index (χ1v) is 11.6. The van der Waals surface area contributed by atoms with E-state index in [4.69, 9.17) is 29.3 Å². The molecule has 11 heteroatoms. The van der Waals surface area contributed by atoms with Gasteiger partial charge in [-0.15, -0.1) is 0 Å². The minimum absolute atomic E-state index is 0.147. The van der Waals surface area contributed by atoms with Gasteiger partial charge in [-0.05, 0) is 52.2 Å². The average Bonchev–Trinajstić information content (AvgIpc) is 3.46. The van der Waals surface area contributed by atoms with Gasteiger partial charge in [-0.2, -0.15) is 0 Å². The highest BCUT2D eigenvalue weighted by Gasteiger charge is 2.18. The molecular formula is C22H20BrN5O4S. The number of H-pyrrole nitrogens is 1. The molecule has 3 heterocycles. The molecule has 33 heavy (non-hydrogen) atoms. The first kappa shape index (κ1) is 21.7. The van der Waals surface area contributed by atoms with Crippen LogP contribution in [0.2, 0.25) is 0 Å². The van der Waals surface area contributed by atoms with Crippen molar-refractivity contribution < 1.29 is 18.9 Å².